The number of ether oxygens (including phenoxy) is 2. The third kappa shape index (κ3) is 5.47. The molecule has 2 rings (SSSR count). The molecule has 0 aromatic heterocycles. The summed E-state index contributed by atoms with van der Waals surface area (Å²) in [5.41, 5.74) is 0.400. The van der Waals surface area contributed by atoms with Gasteiger partial charge in [-0.05, 0) is 57.9 Å². The van der Waals surface area contributed by atoms with Gasteiger partial charge in [0.15, 0.2) is 0 Å². The molecule has 142 valence electrons. The molecule has 1 heterocycles. The number of hydrogen-bond acceptors (Lipinski definition) is 5. The Morgan fingerprint density at radius 1 is 1.04 bits per heavy atom. The van der Waals surface area contributed by atoms with Crippen molar-refractivity contribution in [2.45, 2.75) is 45.3 Å². The average molecular weight is 362 g/mol. The van der Waals surface area contributed by atoms with E-state index in [1.807, 2.05) is 20.8 Å². The fraction of sp³-hybridized carbons (Fsp3) is 0.526. The summed E-state index contributed by atoms with van der Waals surface area (Å²) in [5, 5.41) is 2.85. The second kappa shape index (κ2) is 8.21. The maximum atomic E-state index is 12.6. The minimum atomic E-state index is -0.531. The first kappa shape index (κ1) is 19.8. The van der Waals surface area contributed by atoms with Crippen LogP contribution in [0.25, 0.3) is 0 Å². The number of piperidine rings is 1. The predicted octanol–water partition coefficient (Wildman–Crippen LogP) is 2.60. The van der Waals surface area contributed by atoms with Crippen LogP contribution in [0, 0.1) is 0 Å². The summed E-state index contributed by atoms with van der Waals surface area (Å²) in [6, 6.07) is 6.40. The molecule has 1 aliphatic rings. The number of benzene rings is 1. The van der Waals surface area contributed by atoms with Gasteiger partial charge >= 0.3 is 12.1 Å². The number of carbonyl (C=O) groups excluding carboxylic acids is 3. The number of amides is 2. The van der Waals surface area contributed by atoms with Gasteiger partial charge in [-0.1, -0.05) is 0 Å². The van der Waals surface area contributed by atoms with Gasteiger partial charge in [-0.3, -0.25) is 4.79 Å². The summed E-state index contributed by atoms with van der Waals surface area (Å²) in [5.74, 6) is -0.518. The molecule has 1 N–H and O–H groups in total. The van der Waals surface area contributed by atoms with Gasteiger partial charge < -0.3 is 19.7 Å². The number of methoxy groups -OCH3 is 1. The van der Waals surface area contributed by atoms with Gasteiger partial charge in [0.05, 0.1) is 12.7 Å². The Morgan fingerprint density at radius 3 is 2.08 bits per heavy atom. The van der Waals surface area contributed by atoms with Gasteiger partial charge in [0, 0.05) is 24.7 Å². The molecule has 26 heavy (non-hydrogen) atoms. The molecular formula is C19H26N2O5. The third-order valence-electron chi connectivity index (χ3n) is 4.06. The van der Waals surface area contributed by atoms with Gasteiger partial charge in [0.25, 0.3) is 5.91 Å². The molecule has 0 spiro atoms. The molecular weight excluding hydrogens is 336 g/mol. The maximum absolute atomic E-state index is 12.6. The van der Waals surface area contributed by atoms with E-state index >= 15 is 0 Å². The fourth-order valence-electron chi connectivity index (χ4n) is 2.75. The van der Waals surface area contributed by atoms with Crippen LogP contribution in [0.2, 0.25) is 0 Å². The maximum Gasteiger partial charge on any atom is 0.407 e. The van der Waals surface area contributed by atoms with Crippen molar-refractivity contribution in [1.29, 1.82) is 0 Å². The lowest BCUT2D eigenvalue weighted by atomic mass is 10.0. The Bertz CT molecular complexity index is 656. The molecule has 1 aliphatic heterocycles. The molecule has 2 amide bonds. The zero-order chi connectivity index (χ0) is 19.3. The van der Waals surface area contributed by atoms with E-state index in [0.29, 0.717) is 37.1 Å². The second-order valence-electron chi connectivity index (χ2n) is 7.28. The molecule has 1 aromatic rings. The Balaban J connectivity index is 1.86. The van der Waals surface area contributed by atoms with E-state index in [1.165, 1.54) is 7.11 Å². The highest BCUT2D eigenvalue weighted by molar-refractivity contribution is 5.96. The summed E-state index contributed by atoms with van der Waals surface area (Å²) in [6.45, 7) is 6.56. The van der Waals surface area contributed by atoms with Crippen LogP contribution in [0.1, 0.15) is 54.3 Å². The van der Waals surface area contributed by atoms with Crippen LogP contribution >= 0.6 is 0 Å². The zero-order valence-electron chi connectivity index (χ0n) is 15.7. The Kier molecular flexibility index (Phi) is 6.23. The highest BCUT2D eigenvalue weighted by Crippen LogP contribution is 2.16. The number of hydrogen-bond donors (Lipinski definition) is 1. The first-order valence-corrected chi connectivity index (χ1v) is 8.67. The number of carbonyl (C=O) groups is 3. The molecule has 0 aliphatic carbocycles. The normalized spacial score (nSPS) is 15.3. The molecule has 1 saturated heterocycles. The van der Waals surface area contributed by atoms with Crippen molar-refractivity contribution in [1.82, 2.24) is 10.2 Å². The SMILES string of the molecule is COC(=O)c1ccc(C(=O)N2CCC(NC(=O)OC(C)(C)C)CC2)cc1. The number of rotatable bonds is 3. The molecule has 0 bridgehead atoms. The Hall–Kier alpha value is -2.57. The van der Waals surface area contributed by atoms with E-state index < -0.39 is 17.7 Å². The fourth-order valence-corrected chi connectivity index (χ4v) is 2.75. The van der Waals surface area contributed by atoms with E-state index in [-0.39, 0.29) is 11.9 Å². The summed E-state index contributed by atoms with van der Waals surface area (Å²) in [7, 11) is 1.32. The van der Waals surface area contributed by atoms with Crippen LogP contribution in [-0.4, -0.2) is 54.7 Å². The van der Waals surface area contributed by atoms with E-state index in [4.69, 9.17) is 4.74 Å². The monoisotopic (exact) mass is 362 g/mol. The second-order valence-corrected chi connectivity index (χ2v) is 7.28. The third-order valence-corrected chi connectivity index (χ3v) is 4.06. The van der Waals surface area contributed by atoms with Crippen molar-refractivity contribution < 1.29 is 23.9 Å². The van der Waals surface area contributed by atoms with Crippen molar-refractivity contribution >= 4 is 18.0 Å². The summed E-state index contributed by atoms with van der Waals surface area (Å²) >= 11 is 0. The van der Waals surface area contributed by atoms with Crippen molar-refractivity contribution in [2.24, 2.45) is 0 Å². The van der Waals surface area contributed by atoms with E-state index in [2.05, 4.69) is 10.1 Å². The number of nitrogens with zero attached hydrogens (tertiary/aromatic N) is 1. The average Bonchev–Trinajstić information content (AvgIpc) is 2.59. The molecule has 1 aromatic carbocycles. The standard InChI is InChI=1S/C19H26N2O5/c1-19(2,3)26-18(24)20-15-9-11-21(12-10-15)16(22)13-5-7-14(8-6-13)17(23)25-4/h5-8,15H,9-12H2,1-4H3,(H,20,24). The van der Waals surface area contributed by atoms with Gasteiger partial charge in [-0.15, -0.1) is 0 Å². The predicted molar refractivity (Wildman–Crippen MR) is 96.1 cm³/mol. The lowest BCUT2D eigenvalue weighted by Crippen LogP contribution is -2.47. The van der Waals surface area contributed by atoms with Crippen molar-refractivity contribution in [3.8, 4) is 0 Å². The summed E-state index contributed by atoms with van der Waals surface area (Å²) in [6.07, 6.45) is 0.914. The topological polar surface area (TPSA) is 84.9 Å². The first-order chi connectivity index (χ1) is 12.2. The van der Waals surface area contributed by atoms with Gasteiger partial charge in [-0.25, -0.2) is 9.59 Å². The lowest BCUT2D eigenvalue weighted by molar-refractivity contribution is 0.0472. The molecule has 0 unspecified atom stereocenters. The molecule has 0 atom stereocenters. The van der Waals surface area contributed by atoms with Gasteiger partial charge in [0.1, 0.15) is 5.60 Å². The highest BCUT2D eigenvalue weighted by atomic mass is 16.6. The van der Waals surface area contributed by atoms with Gasteiger partial charge in [0.2, 0.25) is 0 Å². The van der Waals surface area contributed by atoms with Crippen LogP contribution in [-0.2, 0) is 9.47 Å². The van der Waals surface area contributed by atoms with Crippen molar-refractivity contribution in [2.75, 3.05) is 20.2 Å². The van der Waals surface area contributed by atoms with E-state index in [0.717, 1.165) is 0 Å². The van der Waals surface area contributed by atoms with Crippen LogP contribution < -0.4 is 5.32 Å². The number of esters is 1. The molecule has 1 fully saturated rings. The quantitative estimate of drug-likeness (QED) is 0.836. The van der Waals surface area contributed by atoms with Crippen molar-refractivity contribution in [3.05, 3.63) is 35.4 Å². The van der Waals surface area contributed by atoms with Gasteiger partial charge in [-0.2, -0.15) is 0 Å². The molecule has 7 nitrogen and oxygen atoms in total. The van der Waals surface area contributed by atoms with Crippen LogP contribution in [0.15, 0.2) is 24.3 Å². The molecule has 0 saturated carbocycles. The minimum Gasteiger partial charge on any atom is -0.465 e. The summed E-state index contributed by atoms with van der Waals surface area (Å²) < 4.78 is 9.90. The number of alkyl carbamates (subject to hydrolysis) is 1. The van der Waals surface area contributed by atoms with Crippen LogP contribution in [0.5, 0.6) is 0 Å². The number of likely N-dealkylation sites (tertiary alicyclic amines) is 1. The first-order valence-electron chi connectivity index (χ1n) is 8.67. The summed E-state index contributed by atoms with van der Waals surface area (Å²) in [4.78, 5) is 37.6. The lowest BCUT2D eigenvalue weighted by Gasteiger charge is -2.33. The van der Waals surface area contributed by atoms with E-state index in [9.17, 15) is 14.4 Å². The van der Waals surface area contributed by atoms with Crippen molar-refractivity contribution in [3.63, 3.8) is 0 Å². The molecule has 0 radical (unpaired) electrons. The van der Waals surface area contributed by atoms with Crippen LogP contribution in [0.3, 0.4) is 0 Å². The Morgan fingerprint density at radius 2 is 1.58 bits per heavy atom. The zero-order valence-corrected chi connectivity index (χ0v) is 15.7. The van der Waals surface area contributed by atoms with E-state index in [1.54, 1.807) is 29.2 Å². The highest BCUT2D eigenvalue weighted by Gasteiger charge is 2.26. The number of nitrogens with one attached hydrogen (secondary N) is 1. The minimum absolute atomic E-state index is 0.00407. The Labute approximate surface area is 153 Å². The smallest absolute Gasteiger partial charge is 0.407 e. The largest absolute Gasteiger partial charge is 0.465 e. The molecule has 7 heteroatoms. The van der Waals surface area contributed by atoms with Crippen LogP contribution in [0.4, 0.5) is 4.79 Å².